The van der Waals surface area contributed by atoms with Crippen LogP contribution in [0.2, 0.25) is 0 Å². The summed E-state index contributed by atoms with van der Waals surface area (Å²) in [4.78, 5) is 12.6. The van der Waals surface area contributed by atoms with Crippen LogP contribution in [0, 0.1) is 17.8 Å². The molecule has 0 spiro atoms. The molecule has 1 aliphatic carbocycles. The summed E-state index contributed by atoms with van der Waals surface area (Å²) in [6.45, 7) is 7.78. The predicted molar refractivity (Wildman–Crippen MR) is 72.6 cm³/mol. The van der Waals surface area contributed by atoms with E-state index in [9.17, 15) is 4.79 Å². The van der Waals surface area contributed by atoms with Gasteiger partial charge in [-0.1, -0.05) is 19.1 Å². The second kappa shape index (κ2) is 5.34. The molecule has 3 unspecified atom stereocenters. The summed E-state index contributed by atoms with van der Waals surface area (Å²) < 4.78 is 5.44. The van der Waals surface area contributed by atoms with Crippen LogP contribution in [0.25, 0.3) is 0 Å². The van der Waals surface area contributed by atoms with Gasteiger partial charge in [0.1, 0.15) is 5.60 Å². The van der Waals surface area contributed by atoms with Crippen molar-refractivity contribution >= 4 is 23.2 Å². The van der Waals surface area contributed by atoms with Crippen LogP contribution in [0.5, 0.6) is 0 Å². The molecular weight excluding hydrogens is 234 g/mol. The van der Waals surface area contributed by atoms with E-state index < -0.39 is 5.60 Å². The van der Waals surface area contributed by atoms with Gasteiger partial charge in [-0.05, 0) is 46.0 Å². The first-order valence-corrected chi connectivity index (χ1v) is 6.63. The number of hydrogen-bond donors (Lipinski definition) is 1. The molecule has 0 radical (unpaired) electrons. The summed E-state index contributed by atoms with van der Waals surface area (Å²) in [6.07, 6.45) is 2.64. The Kier molecular flexibility index (Phi) is 4.53. The van der Waals surface area contributed by atoms with Crippen molar-refractivity contribution < 1.29 is 9.53 Å². The van der Waals surface area contributed by atoms with Gasteiger partial charge >= 0.3 is 5.97 Å². The fourth-order valence-corrected chi connectivity index (χ4v) is 2.60. The van der Waals surface area contributed by atoms with E-state index in [1.54, 1.807) is 0 Å². The molecule has 1 aliphatic rings. The lowest BCUT2D eigenvalue weighted by Crippen LogP contribution is -2.37. The monoisotopic (exact) mass is 257 g/mol. The number of nitrogens with two attached hydrogens (primary N) is 1. The predicted octanol–water partition coefficient (Wildman–Crippen LogP) is 2.67. The van der Waals surface area contributed by atoms with Crippen LogP contribution in [0.4, 0.5) is 0 Å². The van der Waals surface area contributed by atoms with Crippen molar-refractivity contribution in [2.75, 3.05) is 0 Å². The second-order valence-corrected chi connectivity index (χ2v) is 6.50. The molecule has 0 heterocycles. The Morgan fingerprint density at radius 2 is 1.94 bits per heavy atom. The zero-order chi connectivity index (χ0) is 13.2. The van der Waals surface area contributed by atoms with Crippen molar-refractivity contribution in [2.45, 2.75) is 52.6 Å². The van der Waals surface area contributed by atoms with Gasteiger partial charge < -0.3 is 10.5 Å². The highest BCUT2D eigenvalue weighted by atomic mass is 32.1. The van der Waals surface area contributed by atoms with Crippen molar-refractivity contribution in [2.24, 2.45) is 23.5 Å². The van der Waals surface area contributed by atoms with Crippen molar-refractivity contribution in [1.82, 2.24) is 0 Å². The Balaban J connectivity index is 2.58. The molecule has 3 nitrogen and oxygen atoms in total. The van der Waals surface area contributed by atoms with Crippen molar-refractivity contribution in [3.63, 3.8) is 0 Å². The highest BCUT2D eigenvalue weighted by molar-refractivity contribution is 7.80. The summed E-state index contributed by atoms with van der Waals surface area (Å²) in [7, 11) is 0. The SMILES string of the molecule is CC1CC(C(N)=S)CCC1C(=O)OC(C)(C)C. The number of thiocarbonyl (C=S) groups is 1. The van der Waals surface area contributed by atoms with Gasteiger partial charge in [0.25, 0.3) is 0 Å². The second-order valence-electron chi connectivity index (χ2n) is 6.03. The largest absolute Gasteiger partial charge is 0.460 e. The standard InChI is InChI=1S/C13H23NO2S/c1-8-7-9(11(14)17)5-6-10(8)12(15)16-13(2,3)4/h8-10H,5-7H2,1-4H3,(H2,14,17). The summed E-state index contributed by atoms with van der Waals surface area (Å²) in [5.41, 5.74) is 5.26. The topological polar surface area (TPSA) is 52.3 Å². The van der Waals surface area contributed by atoms with E-state index in [4.69, 9.17) is 22.7 Å². The van der Waals surface area contributed by atoms with Crippen LogP contribution < -0.4 is 5.73 Å². The molecule has 0 amide bonds. The van der Waals surface area contributed by atoms with Gasteiger partial charge in [-0.15, -0.1) is 0 Å². The van der Waals surface area contributed by atoms with E-state index in [1.807, 2.05) is 20.8 Å². The minimum atomic E-state index is -0.406. The van der Waals surface area contributed by atoms with Crippen molar-refractivity contribution in [1.29, 1.82) is 0 Å². The van der Waals surface area contributed by atoms with Gasteiger partial charge in [-0.3, -0.25) is 4.79 Å². The van der Waals surface area contributed by atoms with Crippen LogP contribution >= 0.6 is 12.2 Å². The van der Waals surface area contributed by atoms with Crippen LogP contribution in [-0.2, 0) is 9.53 Å². The Morgan fingerprint density at radius 3 is 2.35 bits per heavy atom. The molecule has 0 aliphatic heterocycles. The zero-order valence-electron chi connectivity index (χ0n) is 11.2. The Bertz CT molecular complexity index is 309. The molecule has 1 saturated carbocycles. The number of ether oxygens (including phenoxy) is 1. The average molecular weight is 257 g/mol. The number of rotatable bonds is 2. The third kappa shape index (κ3) is 4.26. The third-order valence-corrected chi connectivity index (χ3v) is 3.61. The van der Waals surface area contributed by atoms with Crippen LogP contribution in [0.3, 0.4) is 0 Å². The zero-order valence-corrected chi connectivity index (χ0v) is 12.0. The summed E-state index contributed by atoms with van der Waals surface area (Å²) in [6, 6.07) is 0. The van der Waals surface area contributed by atoms with Gasteiger partial charge in [-0.25, -0.2) is 0 Å². The molecule has 1 rings (SSSR count). The van der Waals surface area contributed by atoms with Crippen molar-refractivity contribution in [3.8, 4) is 0 Å². The highest BCUT2D eigenvalue weighted by Crippen LogP contribution is 2.35. The maximum atomic E-state index is 12.0. The molecule has 0 aromatic rings. The summed E-state index contributed by atoms with van der Waals surface area (Å²) >= 11 is 5.02. The Hall–Kier alpha value is -0.640. The molecular formula is C13H23NO2S. The maximum Gasteiger partial charge on any atom is 0.309 e. The van der Waals surface area contributed by atoms with Gasteiger partial charge in [0.2, 0.25) is 0 Å². The van der Waals surface area contributed by atoms with Gasteiger partial charge in [0.05, 0.1) is 10.9 Å². The lowest BCUT2D eigenvalue weighted by atomic mass is 9.75. The molecule has 98 valence electrons. The van der Waals surface area contributed by atoms with Gasteiger partial charge in [0.15, 0.2) is 0 Å². The van der Waals surface area contributed by atoms with E-state index in [0.29, 0.717) is 16.8 Å². The first-order valence-electron chi connectivity index (χ1n) is 6.23. The van der Waals surface area contributed by atoms with E-state index in [1.165, 1.54) is 0 Å². The molecule has 2 N–H and O–H groups in total. The average Bonchev–Trinajstić information content (AvgIpc) is 2.14. The molecule has 0 aromatic heterocycles. The molecule has 4 heteroatoms. The number of hydrogen-bond acceptors (Lipinski definition) is 3. The number of esters is 1. The summed E-state index contributed by atoms with van der Waals surface area (Å²) in [5.74, 6) is 0.509. The van der Waals surface area contributed by atoms with Crippen LogP contribution in [0.1, 0.15) is 47.0 Å². The normalized spacial score (nSPS) is 29.8. The first-order chi connectivity index (χ1) is 7.70. The Morgan fingerprint density at radius 1 is 1.35 bits per heavy atom. The quantitative estimate of drug-likeness (QED) is 0.610. The molecule has 0 bridgehead atoms. The fraction of sp³-hybridized carbons (Fsp3) is 0.846. The molecule has 1 fully saturated rings. The van der Waals surface area contributed by atoms with E-state index in [0.717, 1.165) is 19.3 Å². The molecule has 0 aromatic carbocycles. The Labute approximate surface area is 109 Å². The highest BCUT2D eigenvalue weighted by Gasteiger charge is 2.35. The number of carbonyl (C=O) groups is 1. The van der Waals surface area contributed by atoms with Crippen LogP contribution in [0.15, 0.2) is 0 Å². The molecule has 17 heavy (non-hydrogen) atoms. The third-order valence-electron chi connectivity index (χ3n) is 3.28. The fourth-order valence-electron chi connectivity index (χ4n) is 2.38. The van der Waals surface area contributed by atoms with E-state index in [2.05, 4.69) is 6.92 Å². The minimum Gasteiger partial charge on any atom is -0.460 e. The van der Waals surface area contributed by atoms with E-state index >= 15 is 0 Å². The smallest absolute Gasteiger partial charge is 0.309 e. The van der Waals surface area contributed by atoms with Gasteiger partial charge in [-0.2, -0.15) is 0 Å². The lowest BCUT2D eigenvalue weighted by molar-refractivity contribution is -0.163. The van der Waals surface area contributed by atoms with Gasteiger partial charge in [0, 0.05) is 5.92 Å². The molecule has 0 saturated heterocycles. The number of carbonyl (C=O) groups excluding carboxylic acids is 1. The lowest BCUT2D eigenvalue weighted by Gasteiger charge is -2.34. The maximum absolute atomic E-state index is 12.0. The molecule has 3 atom stereocenters. The van der Waals surface area contributed by atoms with E-state index in [-0.39, 0.29) is 11.9 Å². The minimum absolute atomic E-state index is 0.000162. The van der Waals surface area contributed by atoms with Crippen molar-refractivity contribution in [3.05, 3.63) is 0 Å². The van der Waals surface area contributed by atoms with Crippen LogP contribution in [-0.4, -0.2) is 16.6 Å². The first kappa shape index (κ1) is 14.4. The summed E-state index contributed by atoms with van der Waals surface area (Å²) in [5, 5.41) is 0.